The molecule has 0 aliphatic carbocycles. The van der Waals surface area contributed by atoms with E-state index < -0.39 is 83.0 Å². The summed E-state index contributed by atoms with van der Waals surface area (Å²) in [4.78, 5) is 0. The summed E-state index contributed by atoms with van der Waals surface area (Å²) in [6.45, 7) is -2.40. The van der Waals surface area contributed by atoms with Gasteiger partial charge in [-0.15, -0.1) is 0 Å². The van der Waals surface area contributed by atoms with E-state index in [0.717, 1.165) is 12.1 Å². The largest absolute Gasteiger partial charge is 0.423 e. The summed E-state index contributed by atoms with van der Waals surface area (Å²) in [5.74, 6) is 0. The number of aliphatic hydroxyl groups is 1. The predicted octanol–water partition coefficient (Wildman–Crippen LogP) is 6.06. The first kappa shape index (κ1) is 27.6. The third-order valence-electron chi connectivity index (χ3n) is 4.72. The summed E-state index contributed by atoms with van der Waals surface area (Å²) in [5, 5.41) is 12.0. The number of hydrogen-bond acceptors (Lipinski definition) is 3. The minimum atomic E-state index is -5.84. The molecule has 34 heavy (non-hydrogen) atoms. The topological polar surface area (TPSA) is 58.3 Å². The van der Waals surface area contributed by atoms with Gasteiger partial charge in [0.15, 0.2) is 0 Å². The first-order chi connectivity index (χ1) is 15.2. The van der Waals surface area contributed by atoms with Gasteiger partial charge in [0.25, 0.3) is 0 Å². The summed E-state index contributed by atoms with van der Waals surface area (Å²) in [7, 11) is 0. The SMILES string of the molecule is NCc1ccc(NC[C@](O)(c2cc(C(F)(F)F)cc(C(F)(F)F)c2)C(F)(F)F)cc1C(F)(F)F. The van der Waals surface area contributed by atoms with E-state index in [9.17, 15) is 57.8 Å². The van der Waals surface area contributed by atoms with Gasteiger partial charge in [0, 0.05) is 12.2 Å². The van der Waals surface area contributed by atoms with Crippen molar-refractivity contribution >= 4 is 5.69 Å². The van der Waals surface area contributed by atoms with Crippen molar-refractivity contribution in [1.29, 1.82) is 0 Å². The summed E-state index contributed by atoms with van der Waals surface area (Å²) < 4.78 is 159. The zero-order chi connectivity index (χ0) is 26.3. The smallest absolute Gasteiger partial charge is 0.381 e. The van der Waals surface area contributed by atoms with Crippen molar-refractivity contribution in [2.75, 3.05) is 11.9 Å². The van der Waals surface area contributed by atoms with Gasteiger partial charge in [-0.1, -0.05) is 6.07 Å². The Labute approximate surface area is 183 Å². The predicted molar refractivity (Wildman–Crippen MR) is 94.2 cm³/mol. The van der Waals surface area contributed by atoms with E-state index in [4.69, 9.17) is 5.73 Å². The molecule has 15 heteroatoms. The number of anilines is 1. The van der Waals surface area contributed by atoms with Crippen LogP contribution in [0.5, 0.6) is 0 Å². The van der Waals surface area contributed by atoms with Crippen LogP contribution in [0.2, 0.25) is 0 Å². The molecule has 0 heterocycles. The first-order valence-corrected chi connectivity index (χ1v) is 8.93. The molecule has 0 aromatic heterocycles. The lowest BCUT2D eigenvalue weighted by Gasteiger charge is -2.32. The summed E-state index contributed by atoms with van der Waals surface area (Å²) in [6, 6.07) is 0.929. The third kappa shape index (κ3) is 5.87. The van der Waals surface area contributed by atoms with Crippen molar-refractivity contribution in [3.63, 3.8) is 0 Å². The maximum atomic E-state index is 13.7. The highest BCUT2D eigenvalue weighted by Gasteiger charge is 2.56. The van der Waals surface area contributed by atoms with Crippen LogP contribution in [0.25, 0.3) is 0 Å². The zero-order valence-electron chi connectivity index (χ0n) is 16.4. The Hall–Kier alpha value is -2.68. The minimum absolute atomic E-state index is 0.316. The van der Waals surface area contributed by atoms with Crippen LogP contribution in [0.1, 0.15) is 27.8 Å². The Balaban J connectivity index is 2.59. The molecular formula is C19H14F12N2O. The molecule has 0 aliphatic heterocycles. The molecule has 3 nitrogen and oxygen atoms in total. The van der Waals surface area contributed by atoms with Crippen molar-refractivity contribution < 1.29 is 57.8 Å². The number of benzene rings is 2. The quantitative estimate of drug-likeness (QED) is 0.425. The van der Waals surface area contributed by atoms with Crippen LogP contribution in [0, 0.1) is 0 Å². The highest BCUT2D eigenvalue weighted by Crippen LogP contribution is 2.44. The van der Waals surface area contributed by atoms with Crippen LogP contribution in [0.15, 0.2) is 36.4 Å². The molecule has 0 spiro atoms. The number of rotatable bonds is 5. The van der Waals surface area contributed by atoms with Crippen LogP contribution in [-0.4, -0.2) is 17.8 Å². The monoisotopic (exact) mass is 514 g/mol. The van der Waals surface area contributed by atoms with E-state index in [1.54, 1.807) is 5.32 Å². The van der Waals surface area contributed by atoms with Gasteiger partial charge in [0.1, 0.15) is 0 Å². The number of hydrogen-bond donors (Lipinski definition) is 3. The van der Waals surface area contributed by atoms with Gasteiger partial charge in [0.05, 0.1) is 23.2 Å². The van der Waals surface area contributed by atoms with Gasteiger partial charge in [-0.3, -0.25) is 0 Å². The average Bonchev–Trinajstić information content (AvgIpc) is 2.68. The van der Waals surface area contributed by atoms with Crippen molar-refractivity contribution in [3.8, 4) is 0 Å². The molecule has 0 unspecified atom stereocenters. The lowest BCUT2D eigenvalue weighted by atomic mass is 9.89. The summed E-state index contributed by atoms with van der Waals surface area (Å²) in [6.07, 6.45) is -21.8. The van der Waals surface area contributed by atoms with Crippen LogP contribution < -0.4 is 11.1 Å². The first-order valence-electron chi connectivity index (χ1n) is 8.93. The molecule has 0 aliphatic rings. The molecule has 4 N–H and O–H groups in total. The van der Waals surface area contributed by atoms with E-state index in [-0.39, 0.29) is 12.1 Å². The second-order valence-corrected chi connectivity index (χ2v) is 7.08. The Bertz CT molecular complexity index is 992. The third-order valence-corrected chi connectivity index (χ3v) is 4.72. The highest BCUT2D eigenvalue weighted by molar-refractivity contribution is 5.50. The molecule has 2 aromatic carbocycles. The van der Waals surface area contributed by atoms with Crippen LogP contribution in [0.4, 0.5) is 58.4 Å². The Kier molecular flexibility index (Phi) is 7.16. The second-order valence-electron chi connectivity index (χ2n) is 7.08. The Morgan fingerprint density at radius 1 is 0.676 bits per heavy atom. The van der Waals surface area contributed by atoms with Crippen LogP contribution in [0.3, 0.4) is 0 Å². The molecule has 1 atom stereocenters. The molecule has 2 rings (SSSR count). The number of nitrogens with two attached hydrogens (primary N) is 1. The molecule has 190 valence electrons. The highest BCUT2D eigenvalue weighted by atomic mass is 19.4. The zero-order valence-corrected chi connectivity index (χ0v) is 16.4. The lowest BCUT2D eigenvalue weighted by molar-refractivity contribution is -0.261. The van der Waals surface area contributed by atoms with Gasteiger partial charge in [-0.2, -0.15) is 52.7 Å². The second kappa shape index (κ2) is 8.83. The van der Waals surface area contributed by atoms with E-state index in [1.165, 1.54) is 0 Å². The van der Waals surface area contributed by atoms with Crippen molar-refractivity contribution in [2.45, 2.75) is 36.9 Å². The van der Waals surface area contributed by atoms with Gasteiger partial charge >= 0.3 is 24.7 Å². The van der Waals surface area contributed by atoms with Crippen LogP contribution >= 0.6 is 0 Å². The number of halogens is 12. The standard InChI is InChI=1S/C19H14F12N2O/c20-16(21,22)11-3-10(4-12(5-11)17(23,24)25)15(34,19(29,30)31)8-33-13-2-1-9(7-32)14(6-13)18(26,27)28/h1-6,33-34H,7-8,32H2/t15-/m0/s1. The maximum Gasteiger partial charge on any atom is 0.423 e. The van der Waals surface area contributed by atoms with Gasteiger partial charge in [0.2, 0.25) is 5.60 Å². The van der Waals surface area contributed by atoms with E-state index in [0.29, 0.717) is 6.07 Å². The van der Waals surface area contributed by atoms with Gasteiger partial charge in [-0.05, 0) is 41.5 Å². The fourth-order valence-corrected chi connectivity index (χ4v) is 2.92. The Morgan fingerprint density at radius 3 is 1.53 bits per heavy atom. The van der Waals surface area contributed by atoms with E-state index >= 15 is 0 Å². The molecular weight excluding hydrogens is 500 g/mol. The van der Waals surface area contributed by atoms with Gasteiger partial charge < -0.3 is 16.2 Å². The molecule has 0 saturated heterocycles. The van der Waals surface area contributed by atoms with Crippen molar-refractivity contribution in [3.05, 3.63) is 64.2 Å². The molecule has 0 fully saturated rings. The van der Waals surface area contributed by atoms with Crippen molar-refractivity contribution in [2.24, 2.45) is 5.73 Å². The fourth-order valence-electron chi connectivity index (χ4n) is 2.92. The molecule has 0 amide bonds. The maximum absolute atomic E-state index is 13.7. The number of nitrogens with one attached hydrogen (secondary N) is 1. The average molecular weight is 514 g/mol. The molecule has 0 saturated carbocycles. The minimum Gasteiger partial charge on any atom is -0.381 e. The molecule has 2 aromatic rings. The van der Waals surface area contributed by atoms with E-state index in [1.807, 2.05) is 0 Å². The summed E-state index contributed by atoms with van der Waals surface area (Å²) >= 11 is 0. The van der Waals surface area contributed by atoms with Crippen LogP contribution in [-0.2, 0) is 30.7 Å². The lowest BCUT2D eigenvalue weighted by Crippen LogP contribution is -2.48. The summed E-state index contributed by atoms with van der Waals surface area (Å²) in [5.41, 5.74) is -7.65. The Morgan fingerprint density at radius 2 is 1.15 bits per heavy atom. The molecule has 0 radical (unpaired) electrons. The van der Waals surface area contributed by atoms with Gasteiger partial charge in [-0.25, -0.2) is 0 Å². The van der Waals surface area contributed by atoms with Crippen molar-refractivity contribution in [1.82, 2.24) is 0 Å². The van der Waals surface area contributed by atoms with E-state index in [2.05, 4.69) is 0 Å². The molecule has 0 bridgehead atoms. The normalized spacial score (nSPS) is 15.2. The fraction of sp³-hybridized carbons (Fsp3) is 0.368. The number of alkyl halides is 12.